The first kappa shape index (κ1) is 17.9. The highest BCUT2D eigenvalue weighted by Crippen LogP contribution is 2.18. The zero-order valence-corrected chi connectivity index (χ0v) is 14.6. The van der Waals surface area contributed by atoms with Gasteiger partial charge in [-0.05, 0) is 18.7 Å². The molecule has 2 aromatic rings. The molecule has 0 amide bonds. The maximum Gasteiger partial charge on any atom is 0.254 e. The Hall–Kier alpha value is -1.20. The average Bonchev–Trinajstić information content (AvgIpc) is 2.53. The van der Waals surface area contributed by atoms with Crippen molar-refractivity contribution in [3.63, 3.8) is 0 Å². The lowest BCUT2D eigenvalue weighted by atomic mass is 10.1. The fourth-order valence-corrected chi connectivity index (χ4v) is 2.96. The van der Waals surface area contributed by atoms with Crippen LogP contribution in [-0.2, 0) is 6.42 Å². The molecule has 0 saturated carbocycles. The summed E-state index contributed by atoms with van der Waals surface area (Å²) in [5, 5.41) is 1.59. The summed E-state index contributed by atoms with van der Waals surface area (Å²) in [6.07, 6.45) is 2.73. The van der Waals surface area contributed by atoms with E-state index < -0.39 is 0 Å². The van der Waals surface area contributed by atoms with E-state index in [-0.39, 0.29) is 5.56 Å². The number of H-pyrrole nitrogens is 1. The lowest BCUT2D eigenvalue weighted by molar-refractivity contribution is 0.860. The molecule has 114 valence electrons. The zero-order chi connectivity index (χ0) is 15.7. The molecule has 1 N–H and O–H groups in total. The maximum absolute atomic E-state index is 11.9. The van der Waals surface area contributed by atoms with Crippen LogP contribution in [0.3, 0.4) is 0 Å². The molecule has 0 aliphatic rings. The van der Waals surface area contributed by atoms with Gasteiger partial charge in [-0.1, -0.05) is 55.9 Å². The second kappa shape index (κ2) is 9.68. The third-order valence-electron chi connectivity index (χ3n) is 2.76. The zero-order valence-electron chi connectivity index (χ0n) is 13.0. The third-order valence-corrected chi connectivity index (χ3v) is 4.64. The van der Waals surface area contributed by atoms with Crippen LogP contribution < -0.4 is 5.56 Å². The first-order valence-electron chi connectivity index (χ1n) is 6.96. The second-order valence-corrected chi connectivity index (χ2v) is 6.35. The molecule has 0 atom stereocenters. The molecule has 2 rings (SSSR count). The van der Waals surface area contributed by atoms with Crippen LogP contribution in [0.4, 0.5) is 0 Å². The summed E-state index contributed by atoms with van der Waals surface area (Å²) < 4.78 is 0. The summed E-state index contributed by atoms with van der Waals surface area (Å²) in [5.74, 6) is 0. The third kappa shape index (κ3) is 5.59. The maximum atomic E-state index is 11.9. The van der Waals surface area contributed by atoms with Crippen molar-refractivity contribution in [2.45, 2.75) is 32.3 Å². The summed E-state index contributed by atoms with van der Waals surface area (Å²) in [7, 11) is 0. The van der Waals surface area contributed by atoms with Gasteiger partial charge < -0.3 is 4.98 Å². The van der Waals surface area contributed by atoms with Gasteiger partial charge in [0.25, 0.3) is 5.56 Å². The van der Waals surface area contributed by atoms with E-state index in [1.54, 1.807) is 23.5 Å². The second-order valence-electron chi connectivity index (χ2n) is 4.16. The molecule has 1 aromatic carbocycles. The van der Waals surface area contributed by atoms with Gasteiger partial charge in [0.1, 0.15) is 0 Å². The molecule has 1 heterocycles. The smallest absolute Gasteiger partial charge is 0.254 e. The summed E-state index contributed by atoms with van der Waals surface area (Å²) in [6.45, 7) is 5.83. The van der Waals surface area contributed by atoms with E-state index in [0.717, 1.165) is 10.8 Å². The van der Waals surface area contributed by atoms with E-state index in [0.29, 0.717) is 17.1 Å². The molecule has 0 aliphatic carbocycles. The Balaban J connectivity index is 0.00000106. The van der Waals surface area contributed by atoms with Crippen molar-refractivity contribution >= 4 is 23.5 Å². The lowest BCUT2D eigenvalue weighted by Crippen LogP contribution is -2.16. The van der Waals surface area contributed by atoms with Gasteiger partial charge in [0.15, 0.2) is 5.16 Å². The summed E-state index contributed by atoms with van der Waals surface area (Å²) in [5.41, 5.74) is 2.70. The minimum atomic E-state index is -0.0375. The standard InChI is InChI=1S/C14H16N2OS2.C2H6/c1-10-12(8-11-6-4-3-5-7-11)15-14(16-13(10)17)19-9-18-2;1-2/h3-7H,8-9H2,1-2H3,(H,15,16,17);1-2H3. The van der Waals surface area contributed by atoms with Crippen LogP contribution >= 0.6 is 23.5 Å². The molecule has 1 aromatic heterocycles. The van der Waals surface area contributed by atoms with Gasteiger partial charge in [0, 0.05) is 17.1 Å². The molecule has 3 nitrogen and oxygen atoms in total. The van der Waals surface area contributed by atoms with Gasteiger partial charge in [-0.25, -0.2) is 4.98 Å². The molecule has 0 unspecified atom stereocenters. The SMILES string of the molecule is CC.CSCSc1nc(Cc2ccccc2)c(C)c(=O)[nH]1. The van der Waals surface area contributed by atoms with Crippen LogP contribution in [0, 0.1) is 6.92 Å². The number of aromatic amines is 1. The summed E-state index contributed by atoms with van der Waals surface area (Å²) in [4.78, 5) is 19.3. The van der Waals surface area contributed by atoms with Crippen molar-refractivity contribution in [2.75, 3.05) is 11.3 Å². The molecule has 0 saturated heterocycles. The Morgan fingerprint density at radius 1 is 1.19 bits per heavy atom. The van der Waals surface area contributed by atoms with Crippen LogP contribution in [0.5, 0.6) is 0 Å². The van der Waals surface area contributed by atoms with Crippen molar-refractivity contribution in [1.29, 1.82) is 0 Å². The number of aromatic nitrogens is 2. The van der Waals surface area contributed by atoms with Crippen LogP contribution in [0.2, 0.25) is 0 Å². The number of hydrogen-bond donors (Lipinski definition) is 1. The van der Waals surface area contributed by atoms with Gasteiger partial charge >= 0.3 is 0 Å². The van der Waals surface area contributed by atoms with Crippen LogP contribution in [0.1, 0.15) is 30.7 Å². The first-order chi connectivity index (χ1) is 10.2. The van der Waals surface area contributed by atoms with E-state index in [1.165, 1.54) is 5.56 Å². The largest absolute Gasteiger partial charge is 0.301 e. The quantitative estimate of drug-likeness (QED) is 0.511. The predicted molar refractivity (Wildman–Crippen MR) is 94.4 cm³/mol. The van der Waals surface area contributed by atoms with Crippen molar-refractivity contribution in [2.24, 2.45) is 0 Å². The van der Waals surface area contributed by atoms with Gasteiger partial charge in [-0.2, -0.15) is 11.8 Å². The fourth-order valence-electron chi connectivity index (χ4n) is 1.70. The number of nitrogens with zero attached hydrogens (tertiary/aromatic N) is 1. The number of benzene rings is 1. The minimum Gasteiger partial charge on any atom is -0.301 e. The van der Waals surface area contributed by atoms with Crippen LogP contribution in [-0.4, -0.2) is 21.3 Å². The number of nitrogens with one attached hydrogen (secondary N) is 1. The Morgan fingerprint density at radius 3 is 2.48 bits per heavy atom. The van der Waals surface area contributed by atoms with Crippen LogP contribution in [0.25, 0.3) is 0 Å². The van der Waals surface area contributed by atoms with E-state index in [2.05, 4.69) is 22.1 Å². The molecular weight excluding hydrogens is 300 g/mol. The van der Waals surface area contributed by atoms with Crippen molar-refractivity contribution < 1.29 is 0 Å². The minimum absolute atomic E-state index is 0.0375. The number of rotatable bonds is 5. The van der Waals surface area contributed by atoms with Gasteiger partial charge in [0.2, 0.25) is 0 Å². The molecule has 0 bridgehead atoms. The first-order valence-corrected chi connectivity index (χ1v) is 9.34. The summed E-state index contributed by atoms with van der Waals surface area (Å²) in [6, 6.07) is 10.1. The summed E-state index contributed by atoms with van der Waals surface area (Å²) >= 11 is 3.28. The molecule has 0 radical (unpaired) electrons. The van der Waals surface area contributed by atoms with Crippen LogP contribution in [0.15, 0.2) is 40.3 Å². The van der Waals surface area contributed by atoms with E-state index in [1.807, 2.05) is 45.2 Å². The van der Waals surface area contributed by atoms with Crippen molar-refractivity contribution in [3.8, 4) is 0 Å². The Bertz CT molecular complexity index is 597. The Labute approximate surface area is 135 Å². The van der Waals surface area contributed by atoms with Gasteiger partial charge in [-0.3, -0.25) is 4.79 Å². The van der Waals surface area contributed by atoms with Crippen molar-refractivity contribution in [1.82, 2.24) is 9.97 Å². The molecule has 0 spiro atoms. The number of thioether (sulfide) groups is 2. The van der Waals surface area contributed by atoms with Crippen molar-refractivity contribution in [3.05, 3.63) is 57.5 Å². The van der Waals surface area contributed by atoms with E-state index >= 15 is 0 Å². The molecule has 0 fully saturated rings. The number of hydrogen-bond acceptors (Lipinski definition) is 4. The highest BCUT2D eigenvalue weighted by Gasteiger charge is 2.08. The Morgan fingerprint density at radius 2 is 1.86 bits per heavy atom. The molecule has 5 heteroatoms. The highest BCUT2D eigenvalue weighted by molar-refractivity contribution is 8.15. The van der Waals surface area contributed by atoms with E-state index in [4.69, 9.17) is 0 Å². The lowest BCUT2D eigenvalue weighted by Gasteiger charge is -2.07. The fraction of sp³-hybridized carbons (Fsp3) is 0.375. The molecule has 21 heavy (non-hydrogen) atoms. The van der Waals surface area contributed by atoms with Gasteiger partial charge in [-0.15, -0.1) is 0 Å². The molecular formula is C16H22N2OS2. The normalized spacial score (nSPS) is 9.90. The topological polar surface area (TPSA) is 45.8 Å². The molecule has 0 aliphatic heterocycles. The highest BCUT2D eigenvalue weighted by atomic mass is 32.2. The van der Waals surface area contributed by atoms with Gasteiger partial charge in [0.05, 0.1) is 5.69 Å². The van der Waals surface area contributed by atoms with E-state index in [9.17, 15) is 4.79 Å². The predicted octanol–water partition coefficient (Wildman–Crippen LogP) is 4.11. The monoisotopic (exact) mass is 322 g/mol. The average molecular weight is 322 g/mol. The Kier molecular flexibility index (Phi) is 8.23.